The van der Waals surface area contributed by atoms with E-state index in [0.717, 1.165) is 96.7 Å². The number of nitrogens with zero attached hydrogens (tertiary/aromatic N) is 2. The minimum absolute atomic E-state index is 0. The van der Waals surface area contributed by atoms with Gasteiger partial charge in [-0.05, 0) is 176 Å². The van der Waals surface area contributed by atoms with Gasteiger partial charge < -0.3 is 84.9 Å². The van der Waals surface area contributed by atoms with Gasteiger partial charge in [0.05, 0.1) is 67.6 Å². The standard InChI is InChI=1S/C49H84N8O16PS2.C36H62O6P.2H2O.H3P/c1-4-73-74(68)32-12-11-21-51-41(59)16-25-69-26-27-70-28-29-71-30-31-72-55-44(62)18-34-76-75-33-17-42(60)52-19-8-5-6-9-22-53-47(65)39(54-43(61)15-24-57-46(64)36-38(3)49(57)67)13-7-10-20-50-40(58)14-23-56-45(63)35-37(2)48(56)66;1-7-40-43(39)41-23-20-28(37)12-9-13-34(38)42-29-18-21-35(5)27(24-29)14-15-30-32-17-16-31(26(4)11-8-10-25(2)3)36(32,6)22-19-33(30)35;;;/h37-39H,4-36H2,1-3H3,(H,50,58)(H,51,59)(H,52,60)(H,53,65)(H,54,61)(H,55,62);14,25-26,28-33,37H,7-13,15-24H2,1-6H3;2*1H2;1H3/q2*-1;;;/t;26-,28?,29+,30?,31-,32?,33?,35+,36-,43?;;;/m.0.../s1. The van der Waals surface area contributed by atoms with Crippen LogP contribution in [0.4, 0.5) is 0 Å². The molecule has 11 N–H and O–H groups in total. The Labute approximate surface area is 739 Å². The van der Waals surface area contributed by atoms with Crippen molar-refractivity contribution in [2.45, 2.75) is 280 Å². The fourth-order valence-corrected chi connectivity index (χ4v) is 20.9. The Morgan fingerprint density at radius 3 is 1.72 bits per heavy atom. The third-order valence-electron chi connectivity index (χ3n) is 24.0. The molecule has 0 spiro atoms. The molecule has 122 heavy (non-hydrogen) atoms. The number of nitrogens with one attached hydrogen (secondary N) is 6. The van der Waals surface area contributed by atoms with Gasteiger partial charge in [-0.3, -0.25) is 67.4 Å². The van der Waals surface area contributed by atoms with E-state index in [4.69, 9.17) is 37.4 Å². The zero-order valence-corrected chi connectivity index (χ0v) is 79.5. The van der Waals surface area contributed by atoms with Crippen molar-refractivity contribution < 1.29 is 116 Å². The van der Waals surface area contributed by atoms with Crippen LogP contribution in [0.5, 0.6) is 0 Å². The zero-order chi connectivity index (χ0) is 87.0. The number of hydrogen-bond donors (Lipinski definition) is 7. The Hall–Kier alpha value is -4.18. The molecule has 2 aliphatic heterocycles. The molecule has 10 amide bonds. The van der Waals surface area contributed by atoms with E-state index in [9.17, 15) is 67.6 Å². The minimum atomic E-state index is -2.11. The molecule has 0 aromatic carbocycles. The molecule has 15 atom stereocenters. The van der Waals surface area contributed by atoms with Gasteiger partial charge in [0.1, 0.15) is 12.1 Å². The summed E-state index contributed by atoms with van der Waals surface area (Å²) in [7, 11) is -0.715. The molecule has 4 aliphatic carbocycles. The molecule has 32 nitrogen and oxygen atoms in total. The third kappa shape index (κ3) is 43.3. The summed E-state index contributed by atoms with van der Waals surface area (Å²) in [5.74, 6) is 2.38. The summed E-state index contributed by atoms with van der Waals surface area (Å²) in [5, 5.41) is 24.3. The second-order valence-electron chi connectivity index (χ2n) is 33.6. The second kappa shape index (κ2) is 64.5. The number of likely N-dealkylation sites (tertiary alicyclic amines) is 2. The molecule has 0 aromatic rings. The number of allylic oxidation sites excluding steroid dienone is 1. The SMILES string of the molecule is CCOP([O-])CCCCNC(=O)CCOCCOCCOCCONC(=O)CCSSCCC(=O)NCCCCCCNC(=O)C(CCCCNC(=O)CCN1C(=O)CC(C)C1=O)NC(=O)CCN1C(=O)CC(C)C1=O.CCOP([O-])OCCC(O)CCCC(=O)O[C@@H]1CC[C@]2(C)C(=CCC3C2CC[C@]2(C)C3CC[C@H]2[C@@H](C)CCCC(C)C)C1.O.O.P. The molecule has 10 unspecified atom stereocenters. The van der Waals surface area contributed by atoms with E-state index in [1.807, 2.05) is 0 Å². The minimum Gasteiger partial charge on any atom is -0.808 e. The van der Waals surface area contributed by atoms with Crippen LogP contribution < -0.4 is 41.9 Å². The van der Waals surface area contributed by atoms with E-state index in [1.165, 1.54) is 73.0 Å². The van der Waals surface area contributed by atoms with Crippen LogP contribution in [0.25, 0.3) is 0 Å². The van der Waals surface area contributed by atoms with Crippen LogP contribution in [0.2, 0.25) is 0 Å². The topological polar surface area (TPSA) is 470 Å². The molecule has 6 aliphatic rings. The number of rotatable bonds is 63. The number of aliphatic hydroxyl groups excluding tert-OH is 1. The molecule has 0 aromatic heterocycles. The lowest BCUT2D eigenvalue weighted by atomic mass is 9.47. The highest BCUT2D eigenvalue weighted by Gasteiger charge is 2.59. The Bertz CT molecular complexity index is 3110. The normalized spacial score (nSPS) is 22.7. The largest absolute Gasteiger partial charge is 0.808 e. The van der Waals surface area contributed by atoms with Crippen LogP contribution >= 0.6 is 48.5 Å². The highest BCUT2D eigenvalue weighted by Crippen LogP contribution is 2.67. The number of carbonyl (C=O) groups excluding carboxylic acids is 11. The van der Waals surface area contributed by atoms with Crippen molar-refractivity contribution in [3.05, 3.63) is 11.6 Å². The van der Waals surface area contributed by atoms with Gasteiger partial charge in [-0.2, -0.15) is 9.90 Å². The predicted octanol–water partition coefficient (Wildman–Crippen LogP) is 8.29. The maximum Gasteiger partial charge on any atom is 0.306 e. The van der Waals surface area contributed by atoms with E-state index < -0.39 is 40.9 Å². The number of unbranched alkanes of at least 4 members (excludes halogenated alkanes) is 5. The number of ether oxygens (including phenoxy) is 4. The number of aliphatic hydroxyl groups is 1. The first-order valence-electron chi connectivity index (χ1n) is 44.4. The average molecular weight is 1830 g/mol. The molecule has 2 saturated heterocycles. The summed E-state index contributed by atoms with van der Waals surface area (Å²) < 4.78 is 37.2. The van der Waals surface area contributed by atoms with Gasteiger partial charge in [-0.25, -0.2) is 5.48 Å². The molecule has 37 heteroatoms. The second-order valence-corrected chi connectivity index (χ2v) is 38.6. The maximum absolute atomic E-state index is 13.2. The van der Waals surface area contributed by atoms with E-state index in [1.54, 1.807) is 33.3 Å². The third-order valence-corrected chi connectivity index (χ3v) is 28.5. The summed E-state index contributed by atoms with van der Waals surface area (Å²) in [4.78, 5) is 166. The Morgan fingerprint density at radius 1 is 0.566 bits per heavy atom. The summed E-state index contributed by atoms with van der Waals surface area (Å²) in [5.41, 5.74) is 4.70. The lowest BCUT2D eigenvalue weighted by molar-refractivity contribution is -0.204. The maximum atomic E-state index is 13.2. The summed E-state index contributed by atoms with van der Waals surface area (Å²) >= 11 is 0. The number of carbonyl (C=O) groups is 11. The molecule has 5 fully saturated rings. The molecule has 706 valence electrons. The monoisotopic (exact) mass is 1830 g/mol. The number of hydrogen-bond acceptors (Lipinski definition) is 24. The van der Waals surface area contributed by atoms with Gasteiger partial charge in [0, 0.05) is 134 Å². The number of imide groups is 2. The van der Waals surface area contributed by atoms with Gasteiger partial charge in [-0.1, -0.05) is 122 Å². The first-order chi connectivity index (χ1) is 57.1. The summed E-state index contributed by atoms with van der Waals surface area (Å²) in [6, 6.07) is -0.877. The molecular weight excluding hydrogens is 1670 g/mol. The molecule has 3 saturated carbocycles. The fraction of sp³-hybridized carbons (Fsp3) is 0.847. The molecular formula is C85H153N8O24P3S2-2. The smallest absolute Gasteiger partial charge is 0.306 e. The quantitative estimate of drug-likeness (QED) is 0.00572. The van der Waals surface area contributed by atoms with Gasteiger partial charge in [-0.15, -0.1) is 0 Å². The first-order valence-corrected chi connectivity index (χ1v) is 49.4. The lowest BCUT2D eigenvalue weighted by Crippen LogP contribution is -2.51. The molecule has 6 rings (SSSR count). The highest BCUT2D eigenvalue weighted by molar-refractivity contribution is 8.76. The highest BCUT2D eigenvalue weighted by atomic mass is 33.1. The van der Waals surface area contributed by atoms with Crippen LogP contribution in [0, 0.1) is 58.2 Å². The van der Waals surface area contributed by atoms with Crippen LogP contribution in [-0.4, -0.2) is 232 Å². The van der Waals surface area contributed by atoms with Crippen LogP contribution in [0.3, 0.4) is 0 Å². The molecule has 2 heterocycles. The van der Waals surface area contributed by atoms with Crippen LogP contribution in [-0.2, 0) is 90.1 Å². The van der Waals surface area contributed by atoms with Crippen molar-refractivity contribution >= 4 is 114 Å². The van der Waals surface area contributed by atoms with Crippen molar-refractivity contribution in [3.8, 4) is 0 Å². The van der Waals surface area contributed by atoms with Gasteiger partial charge in [0.2, 0.25) is 59.1 Å². The van der Waals surface area contributed by atoms with E-state index in [2.05, 4.69) is 72.8 Å². The van der Waals surface area contributed by atoms with Crippen molar-refractivity contribution in [2.75, 3.05) is 123 Å². The Morgan fingerprint density at radius 2 is 1.12 bits per heavy atom. The number of amides is 10. The van der Waals surface area contributed by atoms with Crippen molar-refractivity contribution in [1.82, 2.24) is 41.9 Å². The van der Waals surface area contributed by atoms with E-state index in [0.29, 0.717) is 140 Å². The summed E-state index contributed by atoms with van der Waals surface area (Å²) in [6.07, 6.45) is 24.9. The van der Waals surface area contributed by atoms with Gasteiger partial charge in [0.15, 0.2) is 0 Å². The molecule has 0 radical (unpaired) electrons. The summed E-state index contributed by atoms with van der Waals surface area (Å²) in [6.45, 7) is 24.1. The lowest BCUT2D eigenvalue weighted by Gasteiger charge is -2.58. The zero-order valence-electron chi connectivity index (χ0n) is 74.6. The first kappa shape index (κ1) is 114. The van der Waals surface area contributed by atoms with Gasteiger partial charge in [0.25, 0.3) is 0 Å². The van der Waals surface area contributed by atoms with Gasteiger partial charge >= 0.3 is 5.97 Å². The van der Waals surface area contributed by atoms with E-state index in [-0.39, 0.29) is 182 Å². The van der Waals surface area contributed by atoms with Crippen molar-refractivity contribution in [2.24, 2.45) is 58.2 Å². The van der Waals surface area contributed by atoms with Crippen molar-refractivity contribution in [3.63, 3.8) is 0 Å². The van der Waals surface area contributed by atoms with Crippen molar-refractivity contribution in [1.29, 1.82) is 0 Å². The number of esters is 1. The average Bonchev–Trinajstić information content (AvgIpc) is 1.58. The Balaban J connectivity index is 0.000000925. The van der Waals surface area contributed by atoms with Crippen LogP contribution in [0.15, 0.2) is 11.6 Å². The van der Waals surface area contributed by atoms with E-state index >= 15 is 0 Å². The predicted molar refractivity (Wildman–Crippen MR) is 475 cm³/mol. The molecule has 0 bridgehead atoms. The number of hydroxylamine groups is 1. The number of fused-ring (bicyclic) bond motifs is 5. The Kier molecular flexibility index (Phi) is 60.2. The van der Waals surface area contributed by atoms with Crippen LogP contribution in [0.1, 0.15) is 261 Å². The fourth-order valence-electron chi connectivity index (χ4n) is 17.5.